The minimum Gasteiger partial charge on any atom is -0.394 e. The summed E-state index contributed by atoms with van der Waals surface area (Å²) in [5.74, 6) is -2.26. The van der Waals surface area contributed by atoms with Crippen molar-refractivity contribution >= 4 is 17.7 Å². The highest BCUT2D eigenvalue weighted by molar-refractivity contribution is 5.99. The summed E-state index contributed by atoms with van der Waals surface area (Å²) in [6, 6.07) is 7.55. The number of aliphatic hydroxyl groups is 1. The van der Waals surface area contributed by atoms with Crippen LogP contribution in [0.2, 0.25) is 0 Å². The van der Waals surface area contributed by atoms with Crippen LogP contribution in [0.3, 0.4) is 0 Å². The van der Waals surface area contributed by atoms with Gasteiger partial charge in [-0.1, -0.05) is 55.8 Å². The lowest BCUT2D eigenvalue weighted by Gasteiger charge is -2.39. The lowest BCUT2D eigenvalue weighted by Crippen LogP contribution is -2.57. The second kappa shape index (κ2) is 11.0. The van der Waals surface area contributed by atoms with Crippen molar-refractivity contribution in [1.29, 1.82) is 0 Å². The highest BCUT2D eigenvalue weighted by atomic mass is 16.5. The summed E-state index contributed by atoms with van der Waals surface area (Å²) < 4.78 is 6.74. The molecule has 0 radical (unpaired) electrons. The maximum Gasteiger partial charge on any atom is 0.248 e. The number of likely N-dealkylation sites (N-methyl/N-ethyl adjacent to an activating group) is 1. The fraction of sp³-hybridized carbons (Fsp3) is 0.567. The molecule has 1 spiro atoms. The van der Waals surface area contributed by atoms with Gasteiger partial charge in [-0.05, 0) is 31.7 Å². The fourth-order valence-corrected chi connectivity index (χ4v) is 6.87. The zero-order valence-electron chi connectivity index (χ0n) is 22.8. The molecule has 3 aliphatic rings. The Balaban J connectivity index is 1.85. The highest BCUT2D eigenvalue weighted by Crippen LogP contribution is 2.64. The topological polar surface area (TPSA) is 90.4 Å². The van der Waals surface area contributed by atoms with Crippen molar-refractivity contribution in [2.24, 2.45) is 11.8 Å². The number of rotatable bonds is 12. The third kappa shape index (κ3) is 4.37. The van der Waals surface area contributed by atoms with E-state index in [-0.39, 0.29) is 24.3 Å². The van der Waals surface area contributed by atoms with Crippen LogP contribution in [-0.2, 0) is 19.1 Å². The normalized spacial score (nSPS) is 30.2. The molecular formula is C30H41N3O5. The second-order valence-corrected chi connectivity index (χ2v) is 11.0. The first-order valence-corrected chi connectivity index (χ1v) is 13.6. The van der Waals surface area contributed by atoms with Crippen LogP contribution in [0.15, 0.2) is 55.6 Å². The molecule has 3 saturated heterocycles. The molecule has 3 fully saturated rings. The lowest BCUT2D eigenvalue weighted by molar-refractivity contribution is -0.156. The Bertz CT molecular complexity index is 1080. The van der Waals surface area contributed by atoms with E-state index in [1.54, 1.807) is 29.0 Å². The van der Waals surface area contributed by atoms with Crippen LogP contribution in [0.25, 0.3) is 0 Å². The van der Waals surface area contributed by atoms with Crippen LogP contribution in [0, 0.1) is 11.8 Å². The molecule has 0 aliphatic carbocycles. The summed E-state index contributed by atoms with van der Waals surface area (Å²) in [6.07, 6.45) is 6.12. The van der Waals surface area contributed by atoms with Crippen molar-refractivity contribution in [1.82, 2.24) is 14.7 Å². The van der Waals surface area contributed by atoms with Gasteiger partial charge in [0, 0.05) is 26.7 Å². The van der Waals surface area contributed by atoms with Crippen LogP contribution >= 0.6 is 0 Å². The Kier molecular flexibility index (Phi) is 8.14. The van der Waals surface area contributed by atoms with Crippen molar-refractivity contribution in [2.75, 3.05) is 33.3 Å². The summed E-state index contributed by atoms with van der Waals surface area (Å²) in [5.41, 5.74) is -1.27. The van der Waals surface area contributed by atoms with E-state index < -0.39 is 35.1 Å². The largest absolute Gasteiger partial charge is 0.394 e. The first-order chi connectivity index (χ1) is 18.2. The smallest absolute Gasteiger partial charge is 0.248 e. The second-order valence-electron chi connectivity index (χ2n) is 11.0. The first kappa shape index (κ1) is 28.0. The number of aliphatic hydroxyl groups excluding tert-OH is 1. The van der Waals surface area contributed by atoms with Crippen LogP contribution in [-0.4, -0.2) is 88.1 Å². The molecule has 2 unspecified atom stereocenters. The van der Waals surface area contributed by atoms with E-state index in [0.717, 1.165) is 18.4 Å². The van der Waals surface area contributed by atoms with Crippen molar-refractivity contribution in [3.8, 4) is 0 Å². The summed E-state index contributed by atoms with van der Waals surface area (Å²) >= 11 is 0. The van der Waals surface area contributed by atoms with Gasteiger partial charge < -0.3 is 24.5 Å². The number of hydrogen-bond acceptors (Lipinski definition) is 5. The van der Waals surface area contributed by atoms with Crippen LogP contribution in [0.1, 0.15) is 51.1 Å². The number of carbonyl (C=O) groups is 3. The van der Waals surface area contributed by atoms with Gasteiger partial charge in [-0.2, -0.15) is 0 Å². The van der Waals surface area contributed by atoms with E-state index >= 15 is 0 Å². The molecule has 6 atom stereocenters. The quantitative estimate of drug-likeness (QED) is 0.426. The number of carbonyl (C=O) groups excluding carboxylic acids is 3. The summed E-state index contributed by atoms with van der Waals surface area (Å²) in [4.78, 5) is 47.4. The van der Waals surface area contributed by atoms with E-state index in [9.17, 15) is 19.5 Å². The van der Waals surface area contributed by atoms with E-state index in [1.165, 1.54) is 4.90 Å². The Hall–Kier alpha value is -2.97. The monoisotopic (exact) mass is 523 g/mol. The molecule has 0 saturated carbocycles. The lowest BCUT2D eigenvalue weighted by atomic mass is 9.66. The number of nitrogens with zero attached hydrogens (tertiary/aromatic N) is 3. The van der Waals surface area contributed by atoms with Crippen LogP contribution < -0.4 is 0 Å². The van der Waals surface area contributed by atoms with Gasteiger partial charge >= 0.3 is 0 Å². The number of benzene rings is 1. The Labute approximate surface area is 225 Å². The van der Waals surface area contributed by atoms with Gasteiger partial charge in [-0.3, -0.25) is 14.4 Å². The van der Waals surface area contributed by atoms with Gasteiger partial charge in [0.1, 0.15) is 11.6 Å². The van der Waals surface area contributed by atoms with Gasteiger partial charge in [-0.15, -0.1) is 13.2 Å². The summed E-state index contributed by atoms with van der Waals surface area (Å²) in [6.45, 7) is 12.4. The number of hydrogen-bond donors (Lipinski definition) is 1. The molecule has 2 bridgehead atoms. The molecule has 8 heteroatoms. The third-order valence-electron chi connectivity index (χ3n) is 8.63. The molecule has 3 aliphatic heterocycles. The van der Waals surface area contributed by atoms with E-state index in [4.69, 9.17) is 4.74 Å². The molecule has 3 heterocycles. The van der Waals surface area contributed by atoms with Crippen LogP contribution in [0.4, 0.5) is 0 Å². The first-order valence-electron chi connectivity index (χ1n) is 13.6. The molecular weight excluding hydrogens is 482 g/mol. The van der Waals surface area contributed by atoms with Crippen LogP contribution in [0.5, 0.6) is 0 Å². The molecule has 3 amide bonds. The summed E-state index contributed by atoms with van der Waals surface area (Å²) in [5, 5.41) is 10.6. The number of ether oxygens (including phenoxy) is 1. The Morgan fingerprint density at radius 3 is 2.47 bits per heavy atom. The number of amides is 3. The standard InChI is InChI=1S/C30H41N3O5/c1-6-9-19-32(18-8-3)28(37)25-30-16-15-29(4,38-30)23(26(35)31(5)17-7-2)24(30)27(36)33(25)22(20-34)21-13-11-10-12-14-21/h7-8,10-14,22-25,34H,2-3,6,9,15-20H2,1,4-5H3/t22-,23+,24+,25?,29-,30?/m1/s1. The maximum absolute atomic E-state index is 14.4. The molecule has 1 aromatic carbocycles. The number of likely N-dealkylation sites (tertiary alicyclic amines) is 1. The van der Waals surface area contributed by atoms with E-state index in [1.807, 2.05) is 37.3 Å². The van der Waals surface area contributed by atoms with Crippen molar-refractivity contribution < 1.29 is 24.2 Å². The fourth-order valence-electron chi connectivity index (χ4n) is 6.87. The Morgan fingerprint density at radius 1 is 1.18 bits per heavy atom. The minimum atomic E-state index is -1.15. The molecule has 4 rings (SSSR count). The molecule has 0 aromatic heterocycles. The van der Waals surface area contributed by atoms with Gasteiger partial charge in [0.25, 0.3) is 0 Å². The molecule has 38 heavy (non-hydrogen) atoms. The van der Waals surface area contributed by atoms with E-state index in [0.29, 0.717) is 32.5 Å². The molecule has 1 N–H and O–H groups in total. The van der Waals surface area contributed by atoms with Gasteiger partial charge in [0.05, 0.1) is 30.1 Å². The molecule has 8 nitrogen and oxygen atoms in total. The third-order valence-corrected chi connectivity index (χ3v) is 8.63. The van der Waals surface area contributed by atoms with Crippen molar-refractivity contribution in [2.45, 2.75) is 62.8 Å². The van der Waals surface area contributed by atoms with Gasteiger partial charge in [0.15, 0.2) is 0 Å². The number of unbranched alkanes of at least 4 members (excludes halogenated alkanes) is 1. The zero-order valence-corrected chi connectivity index (χ0v) is 22.8. The maximum atomic E-state index is 14.4. The van der Waals surface area contributed by atoms with Gasteiger partial charge in [0.2, 0.25) is 17.7 Å². The van der Waals surface area contributed by atoms with E-state index in [2.05, 4.69) is 20.1 Å². The Morgan fingerprint density at radius 2 is 1.87 bits per heavy atom. The predicted molar refractivity (Wildman–Crippen MR) is 145 cm³/mol. The van der Waals surface area contributed by atoms with Crippen molar-refractivity contribution in [3.63, 3.8) is 0 Å². The highest BCUT2D eigenvalue weighted by Gasteiger charge is 2.78. The zero-order chi connectivity index (χ0) is 27.7. The minimum absolute atomic E-state index is 0.186. The SMILES string of the molecule is C=CCN(C)C(=O)[C@@H]1[C@H]2C(=O)N([C@H](CO)c3ccccc3)C(C(=O)N(CC=C)CCCC)C23CC[C@@]1(C)O3. The molecule has 206 valence electrons. The average Bonchev–Trinajstić information content (AvgIpc) is 3.48. The molecule has 1 aromatic rings. The number of fused-ring (bicyclic) bond motifs is 1. The predicted octanol–water partition coefficient (Wildman–Crippen LogP) is 2.94. The van der Waals surface area contributed by atoms with Gasteiger partial charge in [-0.25, -0.2) is 0 Å². The summed E-state index contributed by atoms with van der Waals surface area (Å²) in [7, 11) is 1.70. The van der Waals surface area contributed by atoms with Crippen molar-refractivity contribution in [3.05, 3.63) is 61.2 Å². The average molecular weight is 524 g/mol.